The Hall–Kier alpha value is -5.52. The number of rotatable bonds is 7. The summed E-state index contributed by atoms with van der Waals surface area (Å²) in [6.07, 6.45) is 4.95. The maximum absolute atomic E-state index is 15.6. The first-order valence-corrected chi connectivity index (χ1v) is 21.5. The van der Waals surface area contributed by atoms with Crippen molar-refractivity contribution in [2.45, 2.75) is 51.0 Å². The van der Waals surface area contributed by atoms with Crippen LogP contribution in [0.15, 0.2) is 54.6 Å². The number of carbonyl (C=O) groups is 5. The minimum atomic E-state index is -0.983. The molecule has 1 unspecified atom stereocenters. The molecule has 15 heteroatoms. The SMILES string of the molecule is [C-]#[N+]c1ccc(N2CCC3(CCN(C(=O)c4ccc(N5CCN(CC6CCN(c7ccc8c(c7)C(=O)N(C7CCC(=O)NC7=O)C8=O)CC6)CC5)cc4F)C3)CC2)cc1Cl. The summed E-state index contributed by atoms with van der Waals surface area (Å²) >= 11 is 6.30. The molecule has 1 atom stereocenters. The predicted octanol–water partition coefficient (Wildman–Crippen LogP) is 5.60. The van der Waals surface area contributed by atoms with Crippen LogP contribution in [0.2, 0.25) is 5.02 Å². The van der Waals surface area contributed by atoms with Gasteiger partial charge < -0.3 is 19.6 Å². The first-order valence-electron chi connectivity index (χ1n) is 21.1. The van der Waals surface area contributed by atoms with Crippen LogP contribution in [0.25, 0.3) is 4.85 Å². The van der Waals surface area contributed by atoms with Gasteiger partial charge in [0.25, 0.3) is 17.7 Å². The average molecular weight is 835 g/mol. The smallest absolute Gasteiger partial charge is 0.262 e. The summed E-state index contributed by atoms with van der Waals surface area (Å²) in [5.74, 6) is -2.22. The number of benzene rings is 3. The Morgan fingerprint density at radius 2 is 1.40 bits per heavy atom. The number of piperazine rings is 1. The van der Waals surface area contributed by atoms with E-state index in [1.54, 1.807) is 24.3 Å². The van der Waals surface area contributed by atoms with E-state index in [1.165, 1.54) is 6.07 Å². The number of nitrogens with one attached hydrogen (secondary N) is 1. The highest BCUT2D eigenvalue weighted by Gasteiger charge is 2.45. The lowest BCUT2D eigenvalue weighted by Gasteiger charge is -2.40. The zero-order valence-corrected chi connectivity index (χ0v) is 34.3. The molecule has 312 valence electrons. The third kappa shape index (κ3) is 7.58. The molecular weight excluding hydrogens is 787 g/mol. The molecule has 6 aliphatic heterocycles. The fourth-order valence-electron chi connectivity index (χ4n) is 10.2. The van der Waals surface area contributed by atoms with Gasteiger partial charge in [-0.25, -0.2) is 9.24 Å². The van der Waals surface area contributed by atoms with Crippen LogP contribution in [0.4, 0.5) is 27.1 Å². The van der Waals surface area contributed by atoms with Crippen LogP contribution in [0.1, 0.15) is 76.0 Å². The van der Waals surface area contributed by atoms with Crippen molar-refractivity contribution in [2.75, 3.05) is 86.7 Å². The molecule has 5 amide bonds. The zero-order chi connectivity index (χ0) is 41.7. The Bertz CT molecular complexity index is 2290. The van der Waals surface area contributed by atoms with Gasteiger partial charge in [0.05, 0.1) is 23.3 Å². The number of anilines is 3. The van der Waals surface area contributed by atoms with Crippen LogP contribution >= 0.6 is 11.6 Å². The quantitative estimate of drug-likeness (QED) is 0.240. The molecule has 0 aromatic heterocycles. The van der Waals surface area contributed by atoms with Crippen LogP contribution in [-0.4, -0.2) is 122 Å². The Morgan fingerprint density at radius 3 is 2.10 bits per heavy atom. The highest BCUT2D eigenvalue weighted by atomic mass is 35.5. The van der Waals surface area contributed by atoms with E-state index in [9.17, 15) is 24.0 Å². The standard InChI is InChI=1S/C45H48ClFN8O5/c1-48-38-7-4-31(25-36(38)46)52-17-12-45(13-18-52)14-19-54(28-45)42(58)34-6-3-32(26-37(34)47)53-22-20-50(21-23-53)27-29-10-15-51(16-11-29)30-2-5-33-35(24-30)44(60)55(43(33)59)39-8-9-40(56)49-41(39)57/h2-7,24-26,29,39H,8-23,27-28H2,(H,49,56,57). The van der Waals surface area contributed by atoms with Crippen molar-refractivity contribution in [3.63, 3.8) is 0 Å². The number of hydrogen-bond acceptors (Lipinski definition) is 9. The summed E-state index contributed by atoms with van der Waals surface area (Å²) in [6, 6.07) is 14.9. The van der Waals surface area contributed by atoms with Gasteiger partial charge in [-0.05, 0) is 98.4 Å². The second-order valence-corrected chi connectivity index (χ2v) is 17.7. The largest absolute Gasteiger partial charge is 0.372 e. The molecule has 0 saturated carbocycles. The minimum Gasteiger partial charge on any atom is -0.372 e. The van der Waals surface area contributed by atoms with Crippen molar-refractivity contribution in [1.29, 1.82) is 0 Å². The second kappa shape index (κ2) is 16.2. The topological polar surface area (TPSA) is 121 Å². The lowest BCUT2D eigenvalue weighted by atomic mass is 9.77. The number of carbonyl (C=O) groups excluding carboxylic acids is 5. The number of fused-ring (bicyclic) bond motifs is 1. The molecule has 6 aliphatic rings. The average Bonchev–Trinajstić information content (AvgIpc) is 3.78. The number of halogens is 2. The predicted molar refractivity (Wildman–Crippen MR) is 225 cm³/mol. The number of piperidine rings is 3. The van der Waals surface area contributed by atoms with E-state index in [0.29, 0.717) is 35.3 Å². The van der Waals surface area contributed by atoms with Crippen LogP contribution in [0, 0.1) is 23.7 Å². The van der Waals surface area contributed by atoms with Crippen LogP contribution < -0.4 is 20.0 Å². The number of amides is 5. The van der Waals surface area contributed by atoms with Crippen LogP contribution in [0.3, 0.4) is 0 Å². The molecule has 0 radical (unpaired) electrons. The molecule has 1 spiro atoms. The Morgan fingerprint density at radius 1 is 0.767 bits per heavy atom. The van der Waals surface area contributed by atoms with E-state index in [-0.39, 0.29) is 35.3 Å². The van der Waals surface area contributed by atoms with E-state index in [2.05, 4.69) is 29.8 Å². The van der Waals surface area contributed by atoms with Crippen LogP contribution in [-0.2, 0) is 9.59 Å². The Kier molecular flexibility index (Phi) is 10.7. The summed E-state index contributed by atoms with van der Waals surface area (Å²) in [5, 5.41) is 2.70. The van der Waals surface area contributed by atoms with Gasteiger partial charge in [-0.1, -0.05) is 17.7 Å². The highest BCUT2D eigenvalue weighted by Crippen LogP contribution is 2.43. The minimum absolute atomic E-state index is 0.0249. The third-order valence-electron chi connectivity index (χ3n) is 13.8. The van der Waals surface area contributed by atoms with Crippen molar-refractivity contribution in [2.24, 2.45) is 11.3 Å². The van der Waals surface area contributed by atoms with E-state index in [4.69, 9.17) is 18.2 Å². The molecule has 3 aromatic carbocycles. The Balaban J connectivity index is 0.729. The van der Waals surface area contributed by atoms with Crippen LogP contribution in [0.5, 0.6) is 0 Å². The number of likely N-dealkylation sites (tertiary alicyclic amines) is 1. The molecule has 5 saturated heterocycles. The van der Waals surface area contributed by atoms with Crippen molar-refractivity contribution in [3.8, 4) is 0 Å². The monoisotopic (exact) mass is 834 g/mol. The van der Waals surface area contributed by atoms with Crippen molar-refractivity contribution < 1.29 is 28.4 Å². The molecule has 9 rings (SSSR count). The second-order valence-electron chi connectivity index (χ2n) is 17.3. The van der Waals surface area contributed by atoms with Gasteiger partial charge in [-0.2, -0.15) is 0 Å². The molecule has 60 heavy (non-hydrogen) atoms. The molecule has 13 nitrogen and oxygen atoms in total. The number of nitrogens with zero attached hydrogens (tertiary/aromatic N) is 7. The van der Waals surface area contributed by atoms with Crippen molar-refractivity contribution in [1.82, 2.24) is 20.0 Å². The molecule has 6 heterocycles. The van der Waals surface area contributed by atoms with E-state index in [0.717, 1.165) is 113 Å². The fraction of sp³-hybridized carbons (Fsp3) is 0.467. The molecule has 5 fully saturated rings. The summed E-state index contributed by atoms with van der Waals surface area (Å²) in [6.45, 7) is 16.1. The van der Waals surface area contributed by atoms with Gasteiger partial charge in [-0.15, -0.1) is 0 Å². The number of imide groups is 2. The maximum atomic E-state index is 15.6. The normalized spacial score (nSPS) is 22.4. The summed E-state index contributed by atoms with van der Waals surface area (Å²) in [5.41, 5.74) is 3.86. The fourth-order valence-corrected chi connectivity index (χ4v) is 10.4. The van der Waals surface area contributed by atoms with E-state index in [1.807, 2.05) is 29.2 Å². The maximum Gasteiger partial charge on any atom is 0.262 e. The first-order chi connectivity index (χ1) is 29.0. The molecule has 0 bridgehead atoms. The lowest BCUT2D eigenvalue weighted by molar-refractivity contribution is -0.136. The first kappa shape index (κ1) is 39.9. The van der Waals surface area contributed by atoms with Crippen molar-refractivity contribution in [3.05, 3.63) is 93.5 Å². The molecular formula is C45H48ClFN8O5. The van der Waals surface area contributed by atoms with Gasteiger partial charge in [0.1, 0.15) is 11.9 Å². The highest BCUT2D eigenvalue weighted by molar-refractivity contribution is 6.33. The number of hydrogen-bond donors (Lipinski definition) is 1. The third-order valence-corrected chi connectivity index (χ3v) is 14.1. The zero-order valence-electron chi connectivity index (χ0n) is 33.5. The Labute approximate surface area is 353 Å². The molecule has 1 N–H and O–H groups in total. The van der Waals surface area contributed by atoms with E-state index < -0.39 is 35.5 Å². The summed E-state index contributed by atoms with van der Waals surface area (Å²) in [7, 11) is 0. The lowest BCUT2D eigenvalue weighted by Crippen LogP contribution is -2.54. The van der Waals surface area contributed by atoms with Gasteiger partial charge in [0.2, 0.25) is 17.5 Å². The summed E-state index contributed by atoms with van der Waals surface area (Å²) < 4.78 is 15.6. The van der Waals surface area contributed by atoms with E-state index >= 15 is 4.39 Å². The van der Waals surface area contributed by atoms with Gasteiger partial charge in [-0.3, -0.25) is 39.1 Å². The van der Waals surface area contributed by atoms with Gasteiger partial charge in [0, 0.05) is 100 Å². The summed E-state index contributed by atoms with van der Waals surface area (Å²) in [4.78, 5) is 79.6. The van der Waals surface area contributed by atoms with Crippen molar-refractivity contribution >= 4 is 63.9 Å². The molecule has 0 aliphatic carbocycles. The van der Waals surface area contributed by atoms with Gasteiger partial charge in [0.15, 0.2) is 0 Å². The molecule has 3 aromatic rings. The van der Waals surface area contributed by atoms with Gasteiger partial charge >= 0.3 is 0 Å².